The quantitative estimate of drug-likeness (QED) is 0.210. The van der Waals surface area contributed by atoms with Crippen LogP contribution in [0.3, 0.4) is 0 Å². The molecule has 238 valence electrons. The van der Waals surface area contributed by atoms with Crippen molar-refractivity contribution in [3.8, 4) is 38.9 Å². The monoisotopic (exact) mass is 663 g/mol. The Labute approximate surface area is 268 Å². The van der Waals surface area contributed by atoms with Crippen LogP contribution in [0.2, 0.25) is 0 Å². The van der Waals surface area contributed by atoms with Gasteiger partial charge in [-0.1, -0.05) is 0 Å². The van der Waals surface area contributed by atoms with E-state index in [0.717, 1.165) is 17.7 Å². The molecule has 2 N–H and O–H groups in total. The number of furan rings is 1. The third-order valence-electron chi connectivity index (χ3n) is 7.72. The van der Waals surface area contributed by atoms with Crippen LogP contribution in [0, 0.1) is 5.82 Å². The lowest BCUT2D eigenvalue weighted by Gasteiger charge is -2.23. The lowest BCUT2D eigenvalue weighted by atomic mass is 9.99. The van der Waals surface area contributed by atoms with Gasteiger partial charge in [-0.2, -0.15) is 0 Å². The fourth-order valence-corrected chi connectivity index (χ4v) is 7.18. The number of fused-ring (bicyclic) bond motifs is 2. The number of aromatic nitrogens is 2. The third-order valence-corrected chi connectivity index (χ3v) is 10.1. The van der Waals surface area contributed by atoms with Crippen LogP contribution in [0.25, 0.3) is 44.0 Å². The van der Waals surface area contributed by atoms with E-state index in [4.69, 9.17) is 14.1 Å². The molecule has 0 fully saturated rings. The first-order chi connectivity index (χ1) is 22.0. The van der Waals surface area contributed by atoms with Gasteiger partial charge in [0.25, 0.3) is 5.91 Å². The molecule has 14 heteroatoms. The van der Waals surface area contributed by atoms with Gasteiger partial charge in [0.05, 0.1) is 29.7 Å². The number of aryl methyl sites for hydroxylation is 1. The number of rotatable bonds is 8. The molecule has 0 unspecified atom stereocenters. The van der Waals surface area contributed by atoms with Crippen molar-refractivity contribution < 1.29 is 31.6 Å². The molecule has 6 rings (SSSR count). The topological polar surface area (TPSA) is 144 Å². The Morgan fingerprint density at radius 3 is 2.57 bits per heavy atom. The summed E-state index contributed by atoms with van der Waals surface area (Å²) in [6.07, 6.45) is 3.15. The van der Waals surface area contributed by atoms with E-state index in [9.17, 15) is 22.4 Å². The van der Waals surface area contributed by atoms with Crippen molar-refractivity contribution in [3.05, 3.63) is 64.9 Å². The Morgan fingerprint density at radius 2 is 1.89 bits per heavy atom. The van der Waals surface area contributed by atoms with Gasteiger partial charge in [0.15, 0.2) is 0 Å². The zero-order valence-electron chi connectivity index (χ0n) is 25.4. The van der Waals surface area contributed by atoms with Gasteiger partial charge in [0.1, 0.15) is 28.0 Å². The van der Waals surface area contributed by atoms with Crippen LogP contribution in [0.4, 0.5) is 15.9 Å². The maximum atomic E-state index is 13.7. The van der Waals surface area contributed by atoms with Crippen molar-refractivity contribution in [2.45, 2.75) is 26.7 Å². The second-order valence-corrected chi connectivity index (χ2v) is 13.7. The minimum Gasteiger partial charge on any atom is -0.480 e. The smallest absolute Gasteiger partial charge is 0.255 e. The normalized spacial score (nSPS) is 13.0. The molecule has 1 aliphatic heterocycles. The van der Waals surface area contributed by atoms with Gasteiger partial charge in [0.2, 0.25) is 21.8 Å². The van der Waals surface area contributed by atoms with E-state index in [2.05, 4.69) is 15.0 Å². The van der Waals surface area contributed by atoms with Crippen molar-refractivity contribution in [1.82, 2.24) is 15.3 Å². The number of carbonyl (C=O) groups is 2. The number of nitrogens with one attached hydrogen (secondary N) is 2. The first kappa shape index (κ1) is 31.2. The fourth-order valence-electron chi connectivity index (χ4n) is 5.42. The number of anilines is 2. The molecular formula is C32H30FN5O6S2. The number of nitrogens with zero attached hydrogens (tertiary/aromatic N) is 3. The van der Waals surface area contributed by atoms with E-state index in [1.165, 1.54) is 69.7 Å². The third kappa shape index (κ3) is 5.69. The number of thiazole rings is 1. The van der Waals surface area contributed by atoms with Crippen LogP contribution in [0.15, 0.2) is 53.1 Å². The summed E-state index contributed by atoms with van der Waals surface area (Å²) >= 11 is 1.44. The highest BCUT2D eigenvalue weighted by atomic mass is 32.2. The van der Waals surface area contributed by atoms with Crippen LogP contribution < -0.4 is 19.7 Å². The highest BCUT2D eigenvalue weighted by Crippen LogP contribution is 2.44. The SMILES string of the molecule is CCS(=O)(=O)Nc1cc2oc(-c3ccc(F)cc3)c(C(=O)NC)c2cc1-c1cnc(OC)c(-c2nc3c(s2)CCCN3C(C)=O)c1. The zero-order valence-corrected chi connectivity index (χ0v) is 27.1. The second-order valence-electron chi connectivity index (χ2n) is 10.6. The number of benzene rings is 2. The summed E-state index contributed by atoms with van der Waals surface area (Å²) < 4.78 is 53.8. The number of hydrogen-bond acceptors (Lipinski definition) is 9. The Balaban J connectivity index is 1.58. The van der Waals surface area contributed by atoms with Crippen molar-refractivity contribution in [1.29, 1.82) is 0 Å². The first-order valence-corrected chi connectivity index (χ1v) is 16.9. The van der Waals surface area contributed by atoms with E-state index < -0.39 is 21.7 Å². The molecule has 0 saturated carbocycles. The molecule has 2 amide bonds. The number of halogens is 1. The van der Waals surface area contributed by atoms with Crippen LogP contribution in [-0.4, -0.2) is 56.7 Å². The maximum Gasteiger partial charge on any atom is 0.255 e. The van der Waals surface area contributed by atoms with E-state index in [1.807, 2.05) is 0 Å². The van der Waals surface area contributed by atoms with E-state index in [-0.39, 0.29) is 34.3 Å². The number of methoxy groups -OCH3 is 1. The highest BCUT2D eigenvalue weighted by Gasteiger charge is 2.28. The second kappa shape index (κ2) is 12.2. The Kier molecular flexibility index (Phi) is 8.25. The van der Waals surface area contributed by atoms with Crippen LogP contribution >= 0.6 is 11.3 Å². The molecule has 0 saturated heterocycles. The number of sulfonamides is 1. The molecule has 3 aromatic heterocycles. The maximum absolute atomic E-state index is 13.7. The van der Waals surface area contributed by atoms with Gasteiger partial charge in [-0.25, -0.2) is 22.8 Å². The molecule has 0 atom stereocenters. The van der Waals surface area contributed by atoms with Crippen molar-refractivity contribution in [2.24, 2.45) is 0 Å². The van der Waals surface area contributed by atoms with Crippen molar-refractivity contribution in [3.63, 3.8) is 0 Å². The molecule has 1 aliphatic rings. The molecule has 2 aromatic carbocycles. The number of ether oxygens (including phenoxy) is 1. The van der Waals surface area contributed by atoms with Gasteiger partial charge in [-0.05, 0) is 56.2 Å². The molecule has 0 radical (unpaired) electrons. The zero-order chi connectivity index (χ0) is 32.7. The van der Waals surface area contributed by atoms with Gasteiger partial charge >= 0.3 is 0 Å². The van der Waals surface area contributed by atoms with Gasteiger partial charge in [-0.15, -0.1) is 11.3 Å². The van der Waals surface area contributed by atoms with Crippen molar-refractivity contribution >= 4 is 55.6 Å². The fraction of sp³-hybridized carbons (Fsp3) is 0.250. The lowest BCUT2D eigenvalue weighted by molar-refractivity contribution is -0.116. The molecule has 46 heavy (non-hydrogen) atoms. The summed E-state index contributed by atoms with van der Waals surface area (Å²) in [5.41, 5.74) is 2.60. The van der Waals surface area contributed by atoms with E-state index in [0.29, 0.717) is 50.9 Å². The average Bonchev–Trinajstić information content (AvgIpc) is 3.65. The Morgan fingerprint density at radius 1 is 1.13 bits per heavy atom. The molecule has 0 bridgehead atoms. The molecule has 0 aliphatic carbocycles. The molecule has 11 nitrogen and oxygen atoms in total. The minimum atomic E-state index is -3.75. The summed E-state index contributed by atoms with van der Waals surface area (Å²) in [6.45, 7) is 3.61. The molecule has 4 heterocycles. The highest BCUT2D eigenvalue weighted by molar-refractivity contribution is 7.92. The number of amides is 2. The van der Waals surface area contributed by atoms with Gasteiger partial charge < -0.3 is 14.5 Å². The Hall–Kier alpha value is -4.82. The van der Waals surface area contributed by atoms with Crippen molar-refractivity contribution in [2.75, 3.05) is 36.1 Å². The number of carbonyl (C=O) groups excluding carboxylic acids is 2. The average molecular weight is 664 g/mol. The minimum absolute atomic E-state index is 0.0927. The first-order valence-electron chi connectivity index (χ1n) is 14.4. The van der Waals surface area contributed by atoms with Crippen LogP contribution in [0.5, 0.6) is 5.88 Å². The molecule has 5 aromatic rings. The Bertz CT molecular complexity index is 2110. The number of hydrogen-bond donors (Lipinski definition) is 2. The predicted octanol–water partition coefficient (Wildman–Crippen LogP) is 5.85. The predicted molar refractivity (Wildman–Crippen MR) is 175 cm³/mol. The van der Waals surface area contributed by atoms with Crippen LogP contribution in [-0.2, 0) is 21.2 Å². The van der Waals surface area contributed by atoms with Gasteiger partial charge in [-0.3, -0.25) is 19.2 Å². The summed E-state index contributed by atoms with van der Waals surface area (Å²) in [4.78, 5) is 37.5. The largest absolute Gasteiger partial charge is 0.480 e. The molecule has 0 spiro atoms. The van der Waals surface area contributed by atoms with Gasteiger partial charge in [0, 0.05) is 59.7 Å². The summed E-state index contributed by atoms with van der Waals surface area (Å²) in [7, 11) is -0.771. The lowest BCUT2D eigenvalue weighted by Crippen LogP contribution is -2.33. The number of pyridine rings is 1. The standard InChI is InChI=1S/C32H30FN5O6S2/c1-5-46(41,42)37-24-15-25-22(27(30(40)34-3)28(44-25)18-8-10-20(33)11-9-18)14-21(24)19-13-23(31(43-4)35-16-19)32-36-29-26(45-32)7-6-12-38(29)17(2)39/h8-11,13-16,37H,5-7,12H2,1-4H3,(H,34,40). The van der Waals surface area contributed by atoms with E-state index in [1.54, 1.807) is 23.2 Å². The molecular weight excluding hydrogens is 634 g/mol. The van der Waals surface area contributed by atoms with Crippen LogP contribution in [0.1, 0.15) is 35.5 Å². The summed E-state index contributed by atoms with van der Waals surface area (Å²) in [5, 5.41) is 3.64. The summed E-state index contributed by atoms with van der Waals surface area (Å²) in [5.74, 6) is -0.0470. The van der Waals surface area contributed by atoms with E-state index >= 15 is 0 Å². The summed E-state index contributed by atoms with van der Waals surface area (Å²) in [6, 6.07) is 10.5.